The van der Waals surface area contributed by atoms with Crippen molar-refractivity contribution >= 4 is 55.6 Å². The maximum atomic E-state index is 4.82. The molecule has 8 aromatic rings. The van der Waals surface area contributed by atoms with Crippen molar-refractivity contribution in [2.45, 2.75) is 74.1 Å². The molecule has 0 fully saturated rings. The number of aryl methyl sites for hydroxylation is 1. The first-order valence-electron chi connectivity index (χ1n) is 24.3. The lowest BCUT2D eigenvalue weighted by atomic mass is 9.83. The SMILES string of the molecule is C=CC1=C(/C=C(C)/C(=C/C(=C)c2cc3ccccc3c3ccccc23)c2ccc3c(C(C)/C=c4/cccc/c4=C/C)cc(-c4ccc(-c5ccccc5)cc4)cc3c2C)CCC=C1.CC.CC. The van der Waals surface area contributed by atoms with Gasteiger partial charge in [-0.1, -0.05) is 224 Å². The van der Waals surface area contributed by atoms with Crippen molar-refractivity contribution in [1.82, 2.24) is 0 Å². The highest BCUT2D eigenvalue weighted by Crippen LogP contribution is 2.41. The lowest BCUT2D eigenvalue weighted by Crippen LogP contribution is -2.24. The van der Waals surface area contributed by atoms with Crippen molar-refractivity contribution in [2.24, 2.45) is 0 Å². The molecule has 1 aliphatic carbocycles. The van der Waals surface area contributed by atoms with Crippen LogP contribution in [0.3, 0.4) is 0 Å². The lowest BCUT2D eigenvalue weighted by molar-refractivity contribution is 0.976. The van der Waals surface area contributed by atoms with E-state index in [2.05, 4.69) is 228 Å². The maximum Gasteiger partial charge on any atom is 0.000514 e. The molecule has 0 aliphatic heterocycles. The van der Waals surface area contributed by atoms with Crippen LogP contribution >= 0.6 is 0 Å². The van der Waals surface area contributed by atoms with Gasteiger partial charge in [0.2, 0.25) is 0 Å². The van der Waals surface area contributed by atoms with Crippen molar-refractivity contribution in [3.63, 3.8) is 0 Å². The molecule has 0 aromatic heterocycles. The number of allylic oxidation sites excluding steroid dienone is 10. The summed E-state index contributed by atoms with van der Waals surface area (Å²) in [6.07, 6.45) is 17.8. The van der Waals surface area contributed by atoms with E-state index in [-0.39, 0.29) is 5.92 Å². The van der Waals surface area contributed by atoms with Gasteiger partial charge in [-0.25, -0.2) is 0 Å². The zero-order valence-corrected chi connectivity index (χ0v) is 41.0. The summed E-state index contributed by atoms with van der Waals surface area (Å²) in [5.41, 5.74) is 15.7. The van der Waals surface area contributed by atoms with Gasteiger partial charge in [-0.2, -0.15) is 0 Å². The quantitative estimate of drug-likeness (QED) is 0.0949. The summed E-state index contributed by atoms with van der Waals surface area (Å²) in [7, 11) is 0. The Morgan fingerprint density at radius 3 is 1.91 bits per heavy atom. The first-order chi connectivity index (χ1) is 32.8. The smallest absolute Gasteiger partial charge is 0.000514 e. The van der Waals surface area contributed by atoms with Gasteiger partial charge < -0.3 is 0 Å². The standard InChI is InChI=1S/C63H54.2C2H6/c1-7-46-20-12-14-24-51(46)36-42(3)60(38-44(5)61-39-53-26-16-17-27-56(53)57-28-18-19-29-58(57)61)55-34-35-59-62(43(4)37-52-25-15-13-21-47(52)8-2)40-54(41-63(59)45(55)6)50-32-30-49(31-33-50)48-22-10-9-11-23-48;2*1-2/h7-13,15-23,25-41,43H,1,5,14,24H2,2-4,6H3;2*1-2H3/b42-36+,47-8-,52-37-,60-38-;;. The van der Waals surface area contributed by atoms with Crippen LogP contribution in [0.2, 0.25) is 0 Å². The minimum atomic E-state index is 0.156. The predicted octanol–water partition coefficient (Wildman–Crippen LogP) is 18.1. The van der Waals surface area contributed by atoms with E-state index in [0.717, 1.165) is 24.0 Å². The molecule has 1 atom stereocenters. The summed E-state index contributed by atoms with van der Waals surface area (Å²) in [6.45, 7) is 26.0. The van der Waals surface area contributed by atoms with E-state index < -0.39 is 0 Å². The third kappa shape index (κ3) is 10.3. The summed E-state index contributed by atoms with van der Waals surface area (Å²) < 4.78 is 0. The van der Waals surface area contributed by atoms with Gasteiger partial charge in [0.15, 0.2) is 0 Å². The van der Waals surface area contributed by atoms with Gasteiger partial charge in [0.1, 0.15) is 0 Å². The summed E-state index contributed by atoms with van der Waals surface area (Å²) in [5, 5.41) is 9.96. The second-order valence-electron chi connectivity index (χ2n) is 16.9. The summed E-state index contributed by atoms with van der Waals surface area (Å²) >= 11 is 0. The van der Waals surface area contributed by atoms with Gasteiger partial charge in [0.05, 0.1) is 0 Å². The maximum absolute atomic E-state index is 4.82. The fourth-order valence-electron chi connectivity index (χ4n) is 9.58. The van der Waals surface area contributed by atoms with Gasteiger partial charge in [0, 0.05) is 5.92 Å². The Kier molecular flexibility index (Phi) is 15.8. The van der Waals surface area contributed by atoms with Crippen LogP contribution in [-0.2, 0) is 0 Å². The third-order valence-electron chi connectivity index (χ3n) is 13.0. The average molecular weight is 871 g/mol. The van der Waals surface area contributed by atoms with Crippen molar-refractivity contribution in [3.8, 4) is 22.3 Å². The third-order valence-corrected chi connectivity index (χ3v) is 13.0. The van der Waals surface area contributed by atoms with Crippen molar-refractivity contribution in [3.05, 3.63) is 251 Å². The molecule has 0 bridgehead atoms. The van der Waals surface area contributed by atoms with Crippen molar-refractivity contribution in [1.29, 1.82) is 0 Å². The fraction of sp³-hybridized carbons (Fsp3) is 0.164. The molecule has 0 amide bonds. The topological polar surface area (TPSA) is 0 Å². The highest BCUT2D eigenvalue weighted by atomic mass is 14.2. The Bertz CT molecular complexity index is 3320. The molecule has 9 rings (SSSR count). The molecule has 334 valence electrons. The molecule has 67 heavy (non-hydrogen) atoms. The summed E-state index contributed by atoms with van der Waals surface area (Å²) in [4.78, 5) is 0. The average Bonchev–Trinajstić information content (AvgIpc) is 3.39. The Morgan fingerprint density at radius 2 is 1.21 bits per heavy atom. The van der Waals surface area contributed by atoms with Gasteiger partial charge in [-0.05, 0) is 173 Å². The zero-order chi connectivity index (χ0) is 47.5. The van der Waals surface area contributed by atoms with Crippen molar-refractivity contribution in [2.75, 3.05) is 0 Å². The second-order valence-corrected chi connectivity index (χ2v) is 16.9. The number of fused-ring (bicyclic) bond motifs is 4. The lowest BCUT2D eigenvalue weighted by Gasteiger charge is -2.21. The van der Waals surface area contributed by atoms with Crippen LogP contribution in [0.1, 0.15) is 89.5 Å². The van der Waals surface area contributed by atoms with Crippen LogP contribution in [0, 0.1) is 6.92 Å². The molecule has 0 heterocycles. The van der Waals surface area contributed by atoms with Crippen LogP contribution in [0.25, 0.3) is 77.9 Å². The Hall–Kier alpha value is -7.28. The largest absolute Gasteiger partial charge is 0.0985 e. The monoisotopic (exact) mass is 871 g/mol. The van der Waals surface area contributed by atoms with E-state index >= 15 is 0 Å². The Morgan fingerprint density at radius 1 is 0.597 bits per heavy atom. The number of hydrogen-bond acceptors (Lipinski definition) is 0. The molecule has 0 heteroatoms. The number of hydrogen-bond donors (Lipinski definition) is 0. The van der Waals surface area contributed by atoms with E-state index in [9.17, 15) is 0 Å². The number of rotatable bonds is 10. The first kappa shape index (κ1) is 47.7. The predicted molar refractivity (Wildman–Crippen MR) is 299 cm³/mol. The van der Waals surface area contributed by atoms with Crippen molar-refractivity contribution < 1.29 is 0 Å². The van der Waals surface area contributed by atoms with Gasteiger partial charge in [0.25, 0.3) is 0 Å². The number of benzene rings is 8. The minimum absolute atomic E-state index is 0.156. The molecule has 0 radical (unpaired) electrons. The van der Waals surface area contributed by atoms with Crippen LogP contribution < -0.4 is 10.4 Å². The zero-order valence-electron chi connectivity index (χ0n) is 41.0. The molecule has 0 N–H and O–H groups in total. The molecular formula is C67H66. The van der Waals surface area contributed by atoms with E-state index in [4.69, 9.17) is 6.58 Å². The Balaban J connectivity index is 0.00000162. The molecular weight excluding hydrogens is 805 g/mol. The molecule has 8 aromatic carbocycles. The van der Waals surface area contributed by atoms with Gasteiger partial charge >= 0.3 is 0 Å². The van der Waals surface area contributed by atoms with E-state index in [1.54, 1.807) is 0 Å². The fourth-order valence-corrected chi connectivity index (χ4v) is 9.58. The van der Waals surface area contributed by atoms with E-state index in [0.29, 0.717) is 0 Å². The molecule has 0 spiro atoms. The van der Waals surface area contributed by atoms with Gasteiger partial charge in [-0.3, -0.25) is 0 Å². The molecule has 1 aliphatic rings. The summed E-state index contributed by atoms with van der Waals surface area (Å²) in [6, 6.07) is 57.7. The van der Waals surface area contributed by atoms with Crippen LogP contribution in [0.4, 0.5) is 0 Å². The van der Waals surface area contributed by atoms with E-state index in [1.807, 2.05) is 33.8 Å². The minimum Gasteiger partial charge on any atom is -0.0985 e. The van der Waals surface area contributed by atoms with E-state index in [1.165, 1.54) is 104 Å². The Labute approximate surface area is 400 Å². The summed E-state index contributed by atoms with van der Waals surface area (Å²) in [5.74, 6) is 0.156. The van der Waals surface area contributed by atoms with Crippen LogP contribution in [0.15, 0.2) is 218 Å². The molecule has 0 saturated heterocycles. The highest BCUT2D eigenvalue weighted by Gasteiger charge is 2.18. The van der Waals surface area contributed by atoms with Crippen LogP contribution in [-0.4, -0.2) is 0 Å². The molecule has 0 saturated carbocycles. The first-order valence-corrected chi connectivity index (χ1v) is 24.3. The normalized spacial score (nSPS) is 13.9. The van der Waals surface area contributed by atoms with Gasteiger partial charge in [-0.15, -0.1) is 0 Å². The molecule has 0 nitrogen and oxygen atoms in total. The highest BCUT2D eigenvalue weighted by molar-refractivity contribution is 6.13. The second kappa shape index (κ2) is 22.3. The molecule has 1 unspecified atom stereocenters. The van der Waals surface area contributed by atoms with Crippen LogP contribution in [0.5, 0.6) is 0 Å².